The van der Waals surface area contributed by atoms with Crippen molar-refractivity contribution < 1.29 is 13.2 Å². The van der Waals surface area contributed by atoms with Gasteiger partial charge in [0.15, 0.2) is 0 Å². The molecule has 0 heterocycles. The number of aryl methyl sites for hydroxylation is 3. The predicted molar refractivity (Wildman–Crippen MR) is 114 cm³/mol. The molecule has 0 fully saturated rings. The molecule has 2 aromatic carbocycles. The molecular formula is C21H27ClN2O3S. The molecule has 0 saturated heterocycles. The van der Waals surface area contributed by atoms with Gasteiger partial charge in [-0.3, -0.25) is 4.79 Å². The highest BCUT2D eigenvalue weighted by atomic mass is 35.5. The summed E-state index contributed by atoms with van der Waals surface area (Å²) in [5, 5.41) is 3.49. The molecule has 2 aromatic rings. The van der Waals surface area contributed by atoms with Crippen molar-refractivity contribution in [3.63, 3.8) is 0 Å². The molecule has 0 bridgehead atoms. The average molecular weight is 423 g/mol. The Kier molecular flexibility index (Phi) is 7.26. The zero-order valence-corrected chi connectivity index (χ0v) is 18.5. The summed E-state index contributed by atoms with van der Waals surface area (Å²) in [4.78, 5) is 12.6. The van der Waals surface area contributed by atoms with Crippen LogP contribution in [0.25, 0.3) is 0 Å². The Morgan fingerprint density at radius 1 is 1.07 bits per heavy atom. The highest BCUT2D eigenvalue weighted by molar-refractivity contribution is 7.88. The lowest BCUT2D eigenvalue weighted by molar-refractivity contribution is -0.122. The van der Waals surface area contributed by atoms with Gasteiger partial charge >= 0.3 is 0 Å². The summed E-state index contributed by atoms with van der Waals surface area (Å²) >= 11 is 5.88. The normalized spacial score (nSPS) is 12.8. The third-order valence-corrected chi connectivity index (χ3v) is 6.24. The average Bonchev–Trinajstić information content (AvgIpc) is 2.58. The van der Waals surface area contributed by atoms with Crippen LogP contribution in [0.3, 0.4) is 0 Å². The van der Waals surface area contributed by atoms with Crippen LogP contribution < -0.4 is 5.32 Å². The maximum atomic E-state index is 12.6. The molecule has 7 heteroatoms. The number of amides is 1. The molecule has 0 radical (unpaired) electrons. The van der Waals surface area contributed by atoms with Gasteiger partial charge in [-0.15, -0.1) is 0 Å². The van der Waals surface area contributed by atoms with Gasteiger partial charge in [0.2, 0.25) is 15.9 Å². The molecule has 1 atom stereocenters. The van der Waals surface area contributed by atoms with Crippen molar-refractivity contribution in [1.82, 2.24) is 9.62 Å². The fraction of sp³-hybridized carbons (Fsp3) is 0.381. The maximum absolute atomic E-state index is 12.6. The third-order valence-electron chi connectivity index (χ3n) is 4.79. The van der Waals surface area contributed by atoms with Gasteiger partial charge < -0.3 is 5.32 Å². The van der Waals surface area contributed by atoms with E-state index < -0.39 is 10.0 Å². The van der Waals surface area contributed by atoms with Crippen molar-refractivity contribution in [1.29, 1.82) is 0 Å². The fourth-order valence-corrected chi connectivity index (χ4v) is 3.92. The molecule has 0 aliphatic carbocycles. The zero-order chi connectivity index (χ0) is 21.1. The van der Waals surface area contributed by atoms with Gasteiger partial charge in [0.05, 0.1) is 18.8 Å². The first-order valence-corrected chi connectivity index (χ1v) is 11.3. The molecule has 152 valence electrons. The molecule has 0 aliphatic rings. The van der Waals surface area contributed by atoms with E-state index >= 15 is 0 Å². The Labute approximate surface area is 172 Å². The van der Waals surface area contributed by atoms with Crippen molar-refractivity contribution in [2.75, 3.05) is 12.8 Å². The van der Waals surface area contributed by atoms with Crippen LogP contribution in [-0.2, 0) is 21.4 Å². The van der Waals surface area contributed by atoms with E-state index in [1.54, 1.807) is 24.3 Å². The van der Waals surface area contributed by atoms with Crippen LogP contribution >= 0.6 is 11.6 Å². The topological polar surface area (TPSA) is 66.5 Å². The Bertz CT molecular complexity index is 956. The summed E-state index contributed by atoms with van der Waals surface area (Å²) in [6.45, 7) is 7.86. The van der Waals surface area contributed by atoms with E-state index in [1.807, 2.05) is 20.8 Å². The lowest BCUT2D eigenvalue weighted by Crippen LogP contribution is -2.40. The molecule has 0 saturated carbocycles. The molecule has 0 spiro atoms. The number of benzene rings is 2. The molecule has 1 N–H and O–H groups in total. The van der Waals surface area contributed by atoms with Crippen LogP contribution in [0.5, 0.6) is 0 Å². The van der Waals surface area contributed by atoms with Crippen LogP contribution in [0.2, 0.25) is 5.02 Å². The molecule has 1 unspecified atom stereocenters. The number of hydrogen-bond acceptors (Lipinski definition) is 3. The van der Waals surface area contributed by atoms with Gasteiger partial charge in [0.1, 0.15) is 0 Å². The lowest BCUT2D eigenvalue weighted by atomic mass is 9.96. The van der Waals surface area contributed by atoms with Crippen molar-refractivity contribution in [3.05, 3.63) is 69.2 Å². The summed E-state index contributed by atoms with van der Waals surface area (Å²) in [6.07, 6.45) is 1.10. The van der Waals surface area contributed by atoms with E-state index in [1.165, 1.54) is 5.56 Å². The highest BCUT2D eigenvalue weighted by Crippen LogP contribution is 2.22. The summed E-state index contributed by atoms with van der Waals surface area (Å²) in [5.41, 5.74) is 5.24. The maximum Gasteiger partial charge on any atom is 0.235 e. The van der Waals surface area contributed by atoms with Crippen LogP contribution in [-0.4, -0.2) is 31.4 Å². The number of sulfonamides is 1. The minimum absolute atomic E-state index is 0.112. The minimum Gasteiger partial charge on any atom is -0.348 e. The molecule has 5 nitrogen and oxygen atoms in total. The second-order valence-corrected chi connectivity index (χ2v) is 9.66. The van der Waals surface area contributed by atoms with Crippen molar-refractivity contribution in [3.8, 4) is 0 Å². The summed E-state index contributed by atoms with van der Waals surface area (Å²) in [5.74, 6) is -0.343. The highest BCUT2D eigenvalue weighted by Gasteiger charge is 2.22. The predicted octanol–water partition coefficient (Wildman–Crippen LogP) is 3.90. The Morgan fingerprint density at radius 2 is 1.64 bits per heavy atom. The smallest absolute Gasteiger partial charge is 0.235 e. The van der Waals surface area contributed by atoms with Gasteiger partial charge in [-0.25, -0.2) is 8.42 Å². The third kappa shape index (κ3) is 6.06. The first-order chi connectivity index (χ1) is 13.0. The standard InChI is InChI=1S/C21H27ClN2O3S/c1-14-10-16(3)20(11-15(14)2)17(4)23-21(25)13-24(28(5,26)27)12-18-6-8-19(22)9-7-18/h6-11,17H,12-13H2,1-5H3,(H,23,25). The Balaban J connectivity index is 2.11. The Hall–Kier alpha value is -1.89. The second kappa shape index (κ2) is 9.07. The summed E-state index contributed by atoms with van der Waals surface area (Å²) in [7, 11) is -3.55. The first kappa shape index (κ1) is 22.4. The van der Waals surface area contributed by atoms with Crippen molar-refractivity contribution in [2.24, 2.45) is 0 Å². The molecule has 0 aromatic heterocycles. The van der Waals surface area contributed by atoms with E-state index in [4.69, 9.17) is 11.6 Å². The van der Waals surface area contributed by atoms with E-state index in [0.29, 0.717) is 5.02 Å². The largest absolute Gasteiger partial charge is 0.348 e. The van der Waals surface area contributed by atoms with Gasteiger partial charge in [-0.2, -0.15) is 4.31 Å². The van der Waals surface area contributed by atoms with Gasteiger partial charge in [-0.1, -0.05) is 35.9 Å². The monoisotopic (exact) mass is 422 g/mol. The van der Waals surface area contributed by atoms with Gasteiger partial charge in [-0.05, 0) is 67.6 Å². The van der Waals surface area contributed by atoms with E-state index in [0.717, 1.165) is 32.8 Å². The summed E-state index contributed by atoms with van der Waals surface area (Å²) in [6, 6.07) is 10.8. The number of halogens is 1. The number of carbonyl (C=O) groups excluding carboxylic acids is 1. The fourth-order valence-electron chi connectivity index (χ4n) is 3.06. The number of rotatable bonds is 7. The van der Waals surface area contributed by atoms with E-state index in [2.05, 4.69) is 24.4 Å². The molecule has 1 amide bonds. The van der Waals surface area contributed by atoms with Crippen LogP contribution in [0, 0.1) is 20.8 Å². The minimum atomic E-state index is -3.55. The van der Waals surface area contributed by atoms with Crippen molar-refractivity contribution in [2.45, 2.75) is 40.3 Å². The molecule has 28 heavy (non-hydrogen) atoms. The van der Waals surface area contributed by atoms with Crippen LogP contribution in [0.15, 0.2) is 36.4 Å². The summed E-state index contributed by atoms with van der Waals surface area (Å²) < 4.78 is 25.5. The van der Waals surface area contributed by atoms with Gasteiger partial charge in [0, 0.05) is 11.6 Å². The van der Waals surface area contributed by atoms with Crippen molar-refractivity contribution >= 4 is 27.5 Å². The Morgan fingerprint density at radius 3 is 2.21 bits per heavy atom. The zero-order valence-electron chi connectivity index (χ0n) is 16.9. The lowest BCUT2D eigenvalue weighted by Gasteiger charge is -2.22. The van der Waals surface area contributed by atoms with E-state index in [-0.39, 0.29) is 25.0 Å². The van der Waals surface area contributed by atoms with Crippen LogP contribution in [0.1, 0.15) is 40.8 Å². The number of carbonyl (C=O) groups is 1. The van der Waals surface area contributed by atoms with Crippen LogP contribution in [0.4, 0.5) is 0 Å². The SMILES string of the molecule is Cc1cc(C)c(C(C)NC(=O)CN(Cc2ccc(Cl)cc2)S(C)(=O)=O)cc1C. The van der Waals surface area contributed by atoms with Gasteiger partial charge in [0.25, 0.3) is 0 Å². The molecular weight excluding hydrogens is 396 g/mol. The number of hydrogen-bond donors (Lipinski definition) is 1. The molecule has 2 rings (SSSR count). The number of nitrogens with one attached hydrogen (secondary N) is 1. The second-order valence-electron chi connectivity index (χ2n) is 7.24. The molecule has 0 aliphatic heterocycles. The quantitative estimate of drug-likeness (QED) is 0.735. The number of nitrogens with zero attached hydrogens (tertiary/aromatic N) is 1. The van der Waals surface area contributed by atoms with E-state index in [9.17, 15) is 13.2 Å². The first-order valence-electron chi connectivity index (χ1n) is 9.04.